The highest BCUT2D eigenvalue weighted by atomic mass is 15.1. The first-order valence-corrected chi connectivity index (χ1v) is 7.59. The van der Waals surface area contributed by atoms with Crippen LogP contribution in [0.3, 0.4) is 0 Å². The quantitative estimate of drug-likeness (QED) is 0.474. The predicted octanol–water partition coefficient (Wildman–Crippen LogP) is 3.67. The monoisotopic (exact) mass is 309 g/mol. The van der Waals surface area contributed by atoms with Gasteiger partial charge in [0.15, 0.2) is 0 Å². The number of rotatable bonds is 1. The standard InChI is InChI=1S/C19H11N5/c20-11-14-15-6-1-2-9-23(15)19-17(14)16-7-4-10-24(16)18(22-19)13-5-3-8-21-12-13/h1-10,12H. The molecule has 0 aliphatic carbocycles. The third-order valence-electron chi connectivity index (χ3n) is 4.29. The molecule has 5 nitrogen and oxygen atoms in total. The number of hydrogen-bond acceptors (Lipinski definition) is 3. The summed E-state index contributed by atoms with van der Waals surface area (Å²) in [6.07, 6.45) is 7.45. The highest BCUT2D eigenvalue weighted by Gasteiger charge is 2.18. The van der Waals surface area contributed by atoms with Crippen molar-refractivity contribution in [3.63, 3.8) is 0 Å². The van der Waals surface area contributed by atoms with Gasteiger partial charge in [0, 0.05) is 30.4 Å². The molecule has 5 heteroatoms. The van der Waals surface area contributed by atoms with E-state index in [9.17, 15) is 5.26 Å². The van der Waals surface area contributed by atoms with Gasteiger partial charge in [-0.15, -0.1) is 0 Å². The zero-order chi connectivity index (χ0) is 16.1. The second-order valence-corrected chi connectivity index (χ2v) is 5.58. The van der Waals surface area contributed by atoms with E-state index in [0.717, 1.165) is 33.5 Å². The van der Waals surface area contributed by atoms with Crippen LogP contribution in [0.1, 0.15) is 5.56 Å². The van der Waals surface area contributed by atoms with Crippen molar-refractivity contribution in [2.24, 2.45) is 0 Å². The average molecular weight is 309 g/mol. The Labute approximate surface area is 137 Å². The van der Waals surface area contributed by atoms with Gasteiger partial charge in [0.2, 0.25) is 0 Å². The van der Waals surface area contributed by atoms with Crippen molar-refractivity contribution in [3.05, 3.63) is 72.8 Å². The number of hydrogen-bond donors (Lipinski definition) is 0. The van der Waals surface area contributed by atoms with Crippen molar-refractivity contribution in [2.75, 3.05) is 0 Å². The fourth-order valence-corrected chi connectivity index (χ4v) is 3.28. The second kappa shape index (κ2) is 4.67. The van der Waals surface area contributed by atoms with Crippen molar-refractivity contribution < 1.29 is 0 Å². The summed E-state index contributed by atoms with van der Waals surface area (Å²) in [6, 6.07) is 16.1. The van der Waals surface area contributed by atoms with Gasteiger partial charge >= 0.3 is 0 Å². The summed E-state index contributed by atoms with van der Waals surface area (Å²) in [6.45, 7) is 0. The van der Waals surface area contributed by atoms with E-state index >= 15 is 0 Å². The van der Waals surface area contributed by atoms with Crippen LogP contribution in [-0.4, -0.2) is 18.8 Å². The Morgan fingerprint density at radius 2 is 1.79 bits per heavy atom. The molecule has 0 unspecified atom stereocenters. The van der Waals surface area contributed by atoms with Crippen molar-refractivity contribution in [1.82, 2.24) is 18.8 Å². The zero-order valence-electron chi connectivity index (χ0n) is 12.6. The van der Waals surface area contributed by atoms with E-state index in [2.05, 4.69) is 11.1 Å². The Morgan fingerprint density at radius 3 is 2.62 bits per heavy atom. The summed E-state index contributed by atoms with van der Waals surface area (Å²) >= 11 is 0. The lowest BCUT2D eigenvalue weighted by Crippen LogP contribution is -1.97. The van der Waals surface area contributed by atoms with E-state index < -0.39 is 0 Å². The maximum Gasteiger partial charge on any atom is 0.150 e. The normalized spacial score (nSPS) is 11.3. The van der Waals surface area contributed by atoms with Gasteiger partial charge in [-0.05, 0) is 36.4 Å². The summed E-state index contributed by atoms with van der Waals surface area (Å²) < 4.78 is 3.99. The summed E-state index contributed by atoms with van der Waals surface area (Å²) in [5, 5.41) is 10.6. The molecule has 5 rings (SSSR count). The number of nitriles is 1. The van der Waals surface area contributed by atoms with E-state index in [1.165, 1.54) is 0 Å². The van der Waals surface area contributed by atoms with Crippen LogP contribution in [0, 0.1) is 11.3 Å². The summed E-state index contributed by atoms with van der Waals surface area (Å²) in [5.74, 6) is 0.809. The number of nitrogens with zero attached hydrogens (tertiary/aromatic N) is 5. The van der Waals surface area contributed by atoms with Crippen molar-refractivity contribution in [3.8, 4) is 17.5 Å². The molecular formula is C19H11N5. The Morgan fingerprint density at radius 1 is 0.917 bits per heavy atom. The number of pyridine rings is 2. The first kappa shape index (κ1) is 12.9. The molecular weight excluding hydrogens is 298 g/mol. The lowest BCUT2D eigenvalue weighted by Gasteiger charge is -2.07. The molecule has 0 fully saturated rings. The molecule has 0 amide bonds. The molecule has 5 aromatic heterocycles. The van der Waals surface area contributed by atoms with Crippen LogP contribution in [0.5, 0.6) is 0 Å². The Hall–Kier alpha value is -3.65. The molecule has 112 valence electrons. The van der Waals surface area contributed by atoms with E-state index in [0.29, 0.717) is 5.56 Å². The van der Waals surface area contributed by atoms with Crippen LogP contribution in [0.25, 0.3) is 33.5 Å². The van der Waals surface area contributed by atoms with Gasteiger partial charge in [0.25, 0.3) is 0 Å². The van der Waals surface area contributed by atoms with Crippen LogP contribution in [0.15, 0.2) is 67.3 Å². The molecule has 0 spiro atoms. The molecule has 24 heavy (non-hydrogen) atoms. The number of aromatic nitrogens is 4. The summed E-state index contributed by atoms with van der Waals surface area (Å²) in [4.78, 5) is 9.08. The van der Waals surface area contributed by atoms with Crippen molar-refractivity contribution >= 4 is 22.1 Å². The van der Waals surface area contributed by atoms with Crippen LogP contribution in [0.4, 0.5) is 0 Å². The molecule has 0 radical (unpaired) electrons. The molecule has 0 atom stereocenters. The molecule has 5 heterocycles. The minimum absolute atomic E-state index is 0.652. The van der Waals surface area contributed by atoms with Gasteiger partial charge in [0.05, 0.1) is 22.0 Å². The zero-order valence-corrected chi connectivity index (χ0v) is 12.6. The van der Waals surface area contributed by atoms with Crippen LogP contribution in [-0.2, 0) is 0 Å². The highest BCUT2D eigenvalue weighted by molar-refractivity contribution is 6.03. The summed E-state index contributed by atoms with van der Waals surface area (Å²) in [5.41, 5.74) is 4.21. The van der Waals surface area contributed by atoms with E-state index in [1.54, 1.807) is 12.4 Å². The van der Waals surface area contributed by atoms with Crippen molar-refractivity contribution in [2.45, 2.75) is 0 Å². The maximum atomic E-state index is 9.70. The predicted molar refractivity (Wildman–Crippen MR) is 91.6 cm³/mol. The third kappa shape index (κ3) is 1.57. The molecule has 0 bridgehead atoms. The Bertz CT molecular complexity index is 1260. The first-order chi connectivity index (χ1) is 11.9. The van der Waals surface area contributed by atoms with Gasteiger partial charge in [-0.2, -0.15) is 5.26 Å². The largest absolute Gasteiger partial charge is 0.300 e. The molecule has 0 aliphatic rings. The molecule has 0 N–H and O–H groups in total. The van der Waals surface area contributed by atoms with Gasteiger partial charge in [-0.25, -0.2) is 4.98 Å². The SMILES string of the molecule is N#Cc1c2c3cccn3c(-c3cccnc3)nc2n2ccccc12. The lowest BCUT2D eigenvalue weighted by molar-refractivity contribution is 1.10. The minimum atomic E-state index is 0.652. The maximum absolute atomic E-state index is 9.70. The lowest BCUT2D eigenvalue weighted by atomic mass is 10.2. The van der Waals surface area contributed by atoms with Gasteiger partial charge in [0.1, 0.15) is 17.5 Å². The van der Waals surface area contributed by atoms with Crippen LogP contribution < -0.4 is 0 Å². The van der Waals surface area contributed by atoms with Gasteiger partial charge in [-0.3, -0.25) is 9.38 Å². The Kier molecular flexibility index (Phi) is 2.50. The molecule has 0 saturated heterocycles. The molecule has 5 aromatic rings. The smallest absolute Gasteiger partial charge is 0.150 e. The summed E-state index contributed by atoms with van der Waals surface area (Å²) in [7, 11) is 0. The van der Waals surface area contributed by atoms with Crippen LogP contribution >= 0.6 is 0 Å². The molecule has 0 aromatic carbocycles. The van der Waals surface area contributed by atoms with E-state index in [-0.39, 0.29) is 0 Å². The molecule has 0 saturated carbocycles. The van der Waals surface area contributed by atoms with E-state index in [4.69, 9.17) is 4.98 Å². The average Bonchev–Trinajstić information content (AvgIpc) is 3.24. The van der Waals surface area contributed by atoms with Crippen molar-refractivity contribution in [1.29, 1.82) is 5.26 Å². The topological polar surface area (TPSA) is 58.4 Å². The highest BCUT2D eigenvalue weighted by Crippen LogP contribution is 2.31. The van der Waals surface area contributed by atoms with E-state index in [1.807, 2.05) is 63.7 Å². The molecule has 0 aliphatic heterocycles. The second-order valence-electron chi connectivity index (χ2n) is 5.58. The van der Waals surface area contributed by atoms with Crippen LogP contribution in [0.2, 0.25) is 0 Å². The fourth-order valence-electron chi connectivity index (χ4n) is 3.28. The fraction of sp³-hybridized carbons (Fsp3) is 0. The Balaban J connectivity index is 2.06. The van der Waals surface area contributed by atoms with Gasteiger partial charge < -0.3 is 4.40 Å². The first-order valence-electron chi connectivity index (χ1n) is 7.59. The third-order valence-corrected chi connectivity index (χ3v) is 4.29. The minimum Gasteiger partial charge on any atom is -0.300 e. The number of fused-ring (bicyclic) bond motifs is 5. The van der Waals surface area contributed by atoms with Gasteiger partial charge in [-0.1, -0.05) is 6.07 Å².